The minimum absolute atomic E-state index is 0.176. The van der Waals surface area contributed by atoms with Crippen LogP contribution in [0.1, 0.15) is 11.1 Å². The van der Waals surface area contributed by atoms with Crippen molar-refractivity contribution >= 4 is 49.0 Å². The summed E-state index contributed by atoms with van der Waals surface area (Å²) in [4.78, 5) is 4.92. The molecule has 5 rings (SSSR count). The van der Waals surface area contributed by atoms with Gasteiger partial charge in [-0.2, -0.15) is 9.61 Å². The first-order valence-corrected chi connectivity index (χ1v) is 14.2. The molecule has 0 spiro atoms. The van der Waals surface area contributed by atoms with Gasteiger partial charge in [0, 0.05) is 29.7 Å². The highest BCUT2D eigenvalue weighted by Crippen LogP contribution is 2.30. The highest BCUT2D eigenvalue weighted by atomic mass is 79.9. The predicted octanol–water partition coefficient (Wildman–Crippen LogP) is 5.91. The van der Waals surface area contributed by atoms with E-state index >= 15 is 0 Å². The molecule has 2 N–H and O–H groups in total. The number of ether oxygens (including phenoxy) is 1. The fraction of sp³-hybridized carbons (Fsp3) is 0.111. The van der Waals surface area contributed by atoms with E-state index in [9.17, 15) is 8.42 Å². The number of rotatable bonds is 9. The Morgan fingerprint density at radius 2 is 1.66 bits per heavy atom. The molecule has 194 valence electrons. The Kier molecular flexibility index (Phi) is 7.66. The van der Waals surface area contributed by atoms with Gasteiger partial charge in [0.2, 0.25) is 10.0 Å². The van der Waals surface area contributed by atoms with Crippen LogP contribution >= 0.6 is 27.5 Å². The van der Waals surface area contributed by atoms with Crippen molar-refractivity contribution in [1.29, 1.82) is 0 Å². The van der Waals surface area contributed by atoms with Gasteiger partial charge in [-0.25, -0.2) is 18.1 Å². The number of halogens is 2. The average molecular weight is 613 g/mol. The van der Waals surface area contributed by atoms with Crippen LogP contribution in [0.25, 0.3) is 16.9 Å². The number of hydrogen-bond acceptors (Lipinski definition) is 6. The number of benzene rings is 3. The lowest BCUT2D eigenvalue weighted by atomic mass is 10.1. The molecule has 0 aliphatic heterocycles. The van der Waals surface area contributed by atoms with Gasteiger partial charge >= 0.3 is 0 Å². The number of hydrogen-bond donors (Lipinski definition) is 2. The summed E-state index contributed by atoms with van der Waals surface area (Å²) in [6, 6.07) is 23.4. The van der Waals surface area contributed by atoms with Crippen molar-refractivity contribution in [2.75, 3.05) is 12.4 Å². The first-order chi connectivity index (χ1) is 18.3. The Balaban J connectivity index is 1.28. The van der Waals surface area contributed by atoms with Crippen LogP contribution in [0.15, 0.2) is 94.4 Å². The molecule has 0 bridgehead atoms. The van der Waals surface area contributed by atoms with Crippen molar-refractivity contribution in [1.82, 2.24) is 19.3 Å². The van der Waals surface area contributed by atoms with Crippen LogP contribution in [-0.4, -0.2) is 30.1 Å². The van der Waals surface area contributed by atoms with E-state index in [0.29, 0.717) is 23.0 Å². The monoisotopic (exact) mass is 611 g/mol. The minimum Gasteiger partial charge on any atom is -0.497 e. The third-order valence-electron chi connectivity index (χ3n) is 5.91. The molecule has 8 nitrogen and oxygen atoms in total. The first-order valence-electron chi connectivity index (χ1n) is 11.6. The standard InChI is InChI=1S/C27H23BrClN5O3S/c1-37-20-10-12-21(13-11-20)38(35,36)32-16-19-8-6-18(7-9-19)15-30-26-14-25(22-4-2-3-5-24(22)29)33-27-23(28)17-31-34(26)27/h2-14,17,30,32H,15-16H2,1H3. The van der Waals surface area contributed by atoms with Gasteiger partial charge in [0.05, 0.1) is 28.4 Å². The lowest BCUT2D eigenvalue weighted by Crippen LogP contribution is -2.23. The van der Waals surface area contributed by atoms with Crippen molar-refractivity contribution in [3.05, 3.63) is 106 Å². The maximum atomic E-state index is 12.6. The molecule has 3 aromatic carbocycles. The third-order valence-corrected chi connectivity index (χ3v) is 8.22. The zero-order valence-electron chi connectivity index (χ0n) is 20.2. The summed E-state index contributed by atoms with van der Waals surface area (Å²) in [5.41, 5.74) is 4.08. The number of nitrogens with one attached hydrogen (secondary N) is 2. The topological polar surface area (TPSA) is 97.6 Å². The Morgan fingerprint density at radius 3 is 2.34 bits per heavy atom. The molecule has 2 heterocycles. The highest BCUT2D eigenvalue weighted by molar-refractivity contribution is 9.10. The lowest BCUT2D eigenvalue weighted by Gasteiger charge is -2.12. The Labute approximate surface area is 233 Å². The molecule has 0 saturated heterocycles. The number of nitrogens with zero attached hydrogens (tertiary/aromatic N) is 3. The summed E-state index contributed by atoms with van der Waals surface area (Å²) in [5, 5.41) is 8.47. The lowest BCUT2D eigenvalue weighted by molar-refractivity contribution is 0.414. The van der Waals surface area contributed by atoms with Gasteiger partial charge in [-0.15, -0.1) is 0 Å². The number of methoxy groups -OCH3 is 1. The Hall–Kier alpha value is -3.44. The SMILES string of the molecule is COc1ccc(S(=O)(=O)NCc2ccc(CNc3cc(-c4ccccc4Cl)nc4c(Br)cnn34)cc2)cc1. The van der Waals surface area contributed by atoms with E-state index in [1.165, 1.54) is 19.2 Å². The molecule has 0 atom stereocenters. The zero-order chi connectivity index (χ0) is 26.7. The summed E-state index contributed by atoms with van der Waals surface area (Å²) in [6.07, 6.45) is 1.70. The van der Waals surface area contributed by atoms with E-state index in [1.807, 2.05) is 54.6 Å². The van der Waals surface area contributed by atoms with Gasteiger partial charge in [-0.05, 0) is 57.4 Å². The molecule has 5 aromatic rings. The van der Waals surface area contributed by atoms with Crippen molar-refractivity contribution in [3.63, 3.8) is 0 Å². The van der Waals surface area contributed by atoms with Crippen molar-refractivity contribution < 1.29 is 13.2 Å². The van der Waals surface area contributed by atoms with Crippen molar-refractivity contribution in [2.45, 2.75) is 18.0 Å². The molecule has 2 aromatic heterocycles. The van der Waals surface area contributed by atoms with Gasteiger partial charge in [0.25, 0.3) is 0 Å². The van der Waals surface area contributed by atoms with E-state index in [4.69, 9.17) is 21.3 Å². The maximum absolute atomic E-state index is 12.6. The molecular weight excluding hydrogens is 590 g/mol. The van der Waals surface area contributed by atoms with Gasteiger partial charge in [-0.1, -0.05) is 54.1 Å². The summed E-state index contributed by atoms with van der Waals surface area (Å²) in [7, 11) is -2.10. The number of anilines is 1. The molecule has 0 radical (unpaired) electrons. The quantitative estimate of drug-likeness (QED) is 0.215. The zero-order valence-corrected chi connectivity index (χ0v) is 23.4. The van der Waals surface area contributed by atoms with Crippen molar-refractivity contribution in [2.24, 2.45) is 0 Å². The largest absolute Gasteiger partial charge is 0.497 e. The summed E-state index contributed by atoms with van der Waals surface area (Å²) < 4.78 is 35.4. The smallest absolute Gasteiger partial charge is 0.240 e. The second-order valence-corrected chi connectivity index (χ2v) is 11.4. The van der Waals surface area contributed by atoms with Crippen LogP contribution in [0.4, 0.5) is 5.82 Å². The third kappa shape index (κ3) is 5.68. The van der Waals surface area contributed by atoms with E-state index in [0.717, 1.165) is 32.7 Å². The van der Waals surface area contributed by atoms with Crippen LogP contribution < -0.4 is 14.8 Å². The molecule has 38 heavy (non-hydrogen) atoms. The summed E-state index contributed by atoms with van der Waals surface area (Å²) in [6.45, 7) is 0.700. The Morgan fingerprint density at radius 1 is 0.974 bits per heavy atom. The van der Waals surface area contributed by atoms with Crippen LogP contribution in [0.3, 0.4) is 0 Å². The first kappa shape index (κ1) is 26.2. The molecule has 0 unspecified atom stereocenters. The van der Waals surface area contributed by atoms with E-state index in [-0.39, 0.29) is 11.4 Å². The molecule has 11 heteroatoms. The predicted molar refractivity (Wildman–Crippen MR) is 152 cm³/mol. The average Bonchev–Trinajstić information content (AvgIpc) is 3.32. The van der Waals surface area contributed by atoms with Crippen LogP contribution in [0, 0.1) is 0 Å². The molecule has 0 aliphatic carbocycles. The van der Waals surface area contributed by atoms with Crippen LogP contribution in [-0.2, 0) is 23.1 Å². The summed E-state index contributed by atoms with van der Waals surface area (Å²) in [5.74, 6) is 1.35. The number of aromatic nitrogens is 3. The number of sulfonamides is 1. The van der Waals surface area contributed by atoms with Gasteiger partial charge < -0.3 is 10.1 Å². The highest BCUT2D eigenvalue weighted by Gasteiger charge is 2.15. The molecule has 0 aliphatic rings. The fourth-order valence-corrected chi connectivity index (χ4v) is 5.45. The minimum atomic E-state index is -3.64. The second-order valence-electron chi connectivity index (χ2n) is 8.40. The van der Waals surface area contributed by atoms with Gasteiger partial charge in [0.1, 0.15) is 11.6 Å². The van der Waals surface area contributed by atoms with E-state index in [2.05, 4.69) is 31.1 Å². The van der Waals surface area contributed by atoms with E-state index in [1.54, 1.807) is 22.8 Å². The normalized spacial score (nSPS) is 11.6. The van der Waals surface area contributed by atoms with Crippen LogP contribution in [0.5, 0.6) is 5.75 Å². The van der Waals surface area contributed by atoms with E-state index < -0.39 is 10.0 Å². The second kappa shape index (κ2) is 11.1. The number of fused-ring (bicyclic) bond motifs is 1. The van der Waals surface area contributed by atoms with Gasteiger partial charge in [-0.3, -0.25) is 0 Å². The van der Waals surface area contributed by atoms with Gasteiger partial charge in [0.15, 0.2) is 5.65 Å². The molecular formula is C27H23BrClN5O3S. The fourth-order valence-electron chi connectivity index (χ4n) is 3.85. The Bertz CT molecular complexity index is 1690. The molecule has 0 saturated carbocycles. The van der Waals surface area contributed by atoms with Crippen LogP contribution in [0.2, 0.25) is 5.02 Å². The maximum Gasteiger partial charge on any atom is 0.240 e. The van der Waals surface area contributed by atoms with Crippen molar-refractivity contribution in [3.8, 4) is 17.0 Å². The molecule has 0 fully saturated rings. The molecule has 0 amide bonds. The summed E-state index contributed by atoms with van der Waals surface area (Å²) >= 11 is 9.94.